The maximum atomic E-state index is 12.6. The van der Waals surface area contributed by atoms with E-state index in [0.29, 0.717) is 41.3 Å². The Labute approximate surface area is 246 Å². The summed E-state index contributed by atoms with van der Waals surface area (Å²) in [5, 5.41) is 17.5. The van der Waals surface area contributed by atoms with E-state index < -0.39 is 0 Å². The molecule has 222 valence electrons. The lowest BCUT2D eigenvalue weighted by Gasteiger charge is -2.18. The molecule has 2 amide bonds. The maximum absolute atomic E-state index is 12.6. The van der Waals surface area contributed by atoms with Crippen molar-refractivity contribution in [2.45, 2.75) is 27.7 Å². The van der Waals surface area contributed by atoms with Crippen molar-refractivity contribution in [3.05, 3.63) is 65.9 Å². The predicted octanol–water partition coefficient (Wildman–Crippen LogP) is 3.10. The predicted molar refractivity (Wildman–Crippen MR) is 164 cm³/mol. The van der Waals surface area contributed by atoms with E-state index in [1.165, 1.54) is 0 Å². The molecule has 0 spiro atoms. The standard InChI is InChI=1S/C30H40N10O2/c1-5-38(6-2)19-17-31-28(41)22-9-13-24(14-10-22)34-30-33-21-26-27(35-30)40(37-36-26)25-15-11-23(12-16-25)29(42)32-18-20-39(7-3)8-4/h9-16,21H,5-8,17-20H2,1-4H3,(H,31,41)(H,32,42)(H,33,34,35). The second-order valence-corrected chi connectivity index (χ2v) is 9.72. The van der Waals surface area contributed by atoms with E-state index in [0.717, 1.165) is 50.6 Å². The maximum Gasteiger partial charge on any atom is 0.251 e. The Morgan fingerprint density at radius 2 is 1.29 bits per heavy atom. The molecule has 0 bridgehead atoms. The van der Waals surface area contributed by atoms with Crippen LogP contribution in [0.5, 0.6) is 0 Å². The highest BCUT2D eigenvalue weighted by Gasteiger charge is 2.13. The van der Waals surface area contributed by atoms with Gasteiger partial charge in [-0.1, -0.05) is 32.9 Å². The quantitative estimate of drug-likeness (QED) is 0.197. The summed E-state index contributed by atoms with van der Waals surface area (Å²) in [7, 11) is 0. The molecule has 0 aliphatic carbocycles. The molecule has 0 aliphatic heterocycles. The number of nitrogens with zero attached hydrogens (tertiary/aromatic N) is 7. The van der Waals surface area contributed by atoms with E-state index in [1.807, 2.05) is 24.3 Å². The van der Waals surface area contributed by atoms with Gasteiger partial charge in [-0.25, -0.2) is 4.98 Å². The summed E-state index contributed by atoms with van der Waals surface area (Å²) in [4.78, 5) is 38.5. The highest BCUT2D eigenvalue weighted by molar-refractivity contribution is 5.95. The van der Waals surface area contributed by atoms with Gasteiger partial charge in [-0.3, -0.25) is 9.59 Å². The molecule has 4 rings (SSSR count). The molecule has 42 heavy (non-hydrogen) atoms. The van der Waals surface area contributed by atoms with Crippen LogP contribution in [0.15, 0.2) is 54.7 Å². The van der Waals surface area contributed by atoms with Crippen LogP contribution in [0.2, 0.25) is 0 Å². The number of benzene rings is 2. The molecule has 12 heteroatoms. The van der Waals surface area contributed by atoms with Crippen molar-refractivity contribution < 1.29 is 9.59 Å². The first-order valence-corrected chi connectivity index (χ1v) is 14.5. The molecule has 2 aromatic carbocycles. The minimum Gasteiger partial charge on any atom is -0.351 e. The van der Waals surface area contributed by atoms with Gasteiger partial charge in [0.05, 0.1) is 11.9 Å². The Bertz CT molecular complexity index is 1450. The summed E-state index contributed by atoms with van der Waals surface area (Å²) < 4.78 is 1.61. The molecule has 4 aromatic rings. The molecule has 0 saturated heterocycles. The Balaban J connectivity index is 1.38. The fourth-order valence-electron chi connectivity index (χ4n) is 4.49. The lowest BCUT2D eigenvalue weighted by Crippen LogP contribution is -2.34. The number of nitrogens with one attached hydrogen (secondary N) is 3. The number of amides is 2. The number of hydrogen-bond acceptors (Lipinski definition) is 9. The van der Waals surface area contributed by atoms with Crippen LogP contribution in [0, 0.1) is 0 Å². The number of likely N-dealkylation sites (N-methyl/N-ethyl adjacent to an activating group) is 2. The van der Waals surface area contributed by atoms with Gasteiger partial charge in [-0.05, 0) is 74.7 Å². The molecule has 0 atom stereocenters. The van der Waals surface area contributed by atoms with Crippen LogP contribution in [-0.4, -0.2) is 98.9 Å². The van der Waals surface area contributed by atoms with Crippen LogP contribution in [0.25, 0.3) is 16.9 Å². The van der Waals surface area contributed by atoms with Crippen LogP contribution in [0.3, 0.4) is 0 Å². The van der Waals surface area contributed by atoms with Crippen LogP contribution in [-0.2, 0) is 0 Å². The number of hydrogen-bond donors (Lipinski definition) is 3. The van der Waals surface area contributed by atoms with Crippen molar-refractivity contribution in [1.82, 2.24) is 45.4 Å². The van der Waals surface area contributed by atoms with E-state index in [4.69, 9.17) is 0 Å². The number of carbonyl (C=O) groups excluding carboxylic acids is 2. The van der Waals surface area contributed by atoms with E-state index in [2.05, 4.69) is 73.7 Å². The first kappa shape index (κ1) is 30.5. The highest BCUT2D eigenvalue weighted by Crippen LogP contribution is 2.19. The Kier molecular flexibility index (Phi) is 10.9. The second-order valence-electron chi connectivity index (χ2n) is 9.72. The van der Waals surface area contributed by atoms with Gasteiger partial charge in [0.1, 0.15) is 0 Å². The summed E-state index contributed by atoms with van der Waals surface area (Å²) in [6.07, 6.45) is 1.60. The monoisotopic (exact) mass is 572 g/mol. The number of fused-ring (bicyclic) bond motifs is 1. The molecule has 2 heterocycles. The number of rotatable bonds is 15. The first-order chi connectivity index (χ1) is 20.4. The molecule has 0 radical (unpaired) electrons. The highest BCUT2D eigenvalue weighted by atomic mass is 16.2. The number of aromatic nitrogens is 5. The minimum atomic E-state index is -0.117. The average molecular weight is 573 g/mol. The molecule has 3 N–H and O–H groups in total. The SMILES string of the molecule is CCN(CC)CCNC(=O)c1ccc(Nc2ncc3nnn(-c4ccc(C(=O)NCCN(CC)CC)cc4)c3n2)cc1. The topological polar surface area (TPSA) is 133 Å². The van der Waals surface area contributed by atoms with Crippen molar-refractivity contribution in [3.63, 3.8) is 0 Å². The van der Waals surface area contributed by atoms with Gasteiger partial charge in [0.25, 0.3) is 11.8 Å². The fraction of sp³-hybridized carbons (Fsp3) is 0.400. The third-order valence-electron chi connectivity index (χ3n) is 7.19. The Morgan fingerprint density at radius 3 is 1.81 bits per heavy atom. The van der Waals surface area contributed by atoms with Gasteiger partial charge in [-0.15, -0.1) is 5.10 Å². The summed E-state index contributed by atoms with van der Waals surface area (Å²) in [6.45, 7) is 15.1. The van der Waals surface area contributed by atoms with Crippen molar-refractivity contribution in [3.8, 4) is 5.69 Å². The number of carbonyl (C=O) groups is 2. The van der Waals surface area contributed by atoms with E-state index in [1.54, 1.807) is 35.1 Å². The smallest absolute Gasteiger partial charge is 0.251 e. The van der Waals surface area contributed by atoms with E-state index >= 15 is 0 Å². The second kappa shape index (κ2) is 15.0. The van der Waals surface area contributed by atoms with Crippen LogP contribution in [0.4, 0.5) is 11.6 Å². The molecule has 0 saturated carbocycles. The third-order valence-corrected chi connectivity index (χ3v) is 7.19. The molecule has 0 fully saturated rings. The zero-order valence-corrected chi connectivity index (χ0v) is 24.8. The molecule has 0 aliphatic rings. The van der Waals surface area contributed by atoms with Gasteiger partial charge in [0, 0.05) is 43.0 Å². The lowest BCUT2D eigenvalue weighted by molar-refractivity contribution is 0.0941. The molecular formula is C30H40N10O2. The van der Waals surface area contributed by atoms with Crippen molar-refractivity contribution in [1.29, 1.82) is 0 Å². The van der Waals surface area contributed by atoms with Crippen molar-refractivity contribution in [2.75, 3.05) is 57.7 Å². The first-order valence-electron chi connectivity index (χ1n) is 14.5. The summed E-state index contributed by atoms with van der Waals surface area (Å²) >= 11 is 0. The van der Waals surface area contributed by atoms with Gasteiger partial charge in [0.15, 0.2) is 11.2 Å². The fourth-order valence-corrected chi connectivity index (χ4v) is 4.49. The van der Waals surface area contributed by atoms with Crippen LogP contribution >= 0.6 is 0 Å². The molecule has 0 unspecified atom stereocenters. The van der Waals surface area contributed by atoms with Crippen molar-refractivity contribution >= 4 is 34.6 Å². The largest absolute Gasteiger partial charge is 0.351 e. The Hall–Kier alpha value is -4.42. The molecular weight excluding hydrogens is 532 g/mol. The number of anilines is 2. The zero-order chi connectivity index (χ0) is 29.9. The van der Waals surface area contributed by atoms with Crippen molar-refractivity contribution in [2.24, 2.45) is 0 Å². The normalized spacial score (nSPS) is 11.3. The van der Waals surface area contributed by atoms with Gasteiger partial charge < -0.3 is 25.8 Å². The van der Waals surface area contributed by atoms with Crippen LogP contribution < -0.4 is 16.0 Å². The third kappa shape index (κ3) is 7.86. The van der Waals surface area contributed by atoms with Gasteiger partial charge in [0.2, 0.25) is 5.95 Å². The molecule has 2 aromatic heterocycles. The summed E-state index contributed by atoms with van der Waals surface area (Å²) in [5.41, 5.74) is 3.67. The van der Waals surface area contributed by atoms with Gasteiger partial charge >= 0.3 is 0 Å². The van der Waals surface area contributed by atoms with E-state index in [-0.39, 0.29) is 11.8 Å². The van der Waals surface area contributed by atoms with Crippen LogP contribution in [0.1, 0.15) is 48.4 Å². The minimum absolute atomic E-state index is 0.107. The Morgan fingerprint density at radius 1 is 0.762 bits per heavy atom. The van der Waals surface area contributed by atoms with Gasteiger partial charge in [-0.2, -0.15) is 9.67 Å². The average Bonchev–Trinajstić information content (AvgIpc) is 3.45. The molecule has 12 nitrogen and oxygen atoms in total. The summed E-state index contributed by atoms with van der Waals surface area (Å²) in [5.74, 6) is 0.144. The van der Waals surface area contributed by atoms with E-state index in [9.17, 15) is 9.59 Å². The zero-order valence-electron chi connectivity index (χ0n) is 24.8. The lowest BCUT2D eigenvalue weighted by atomic mass is 10.2. The summed E-state index contributed by atoms with van der Waals surface area (Å²) in [6, 6.07) is 14.3.